The minimum atomic E-state index is -0.0226. The van der Waals surface area contributed by atoms with Crippen LogP contribution in [0.2, 0.25) is 0 Å². The van der Waals surface area contributed by atoms with Crippen molar-refractivity contribution in [2.75, 3.05) is 18.0 Å². The lowest BCUT2D eigenvalue weighted by Gasteiger charge is -2.39. The zero-order chi connectivity index (χ0) is 19.4. The van der Waals surface area contributed by atoms with E-state index >= 15 is 0 Å². The van der Waals surface area contributed by atoms with Gasteiger partial charge >= 0.3 is 0 Å². The van der Waals surface area contributed by atoms with Gasteiger partial charge in [-0.25, -0.2) is 0 Å². The number of para-hydroxylation sites is 1. The van der Waals surface area contributed by atoms with Crippen molar-refractivity contribution >= 4 is 11.6 Å². The highest BCUT2D eigenvalue weighted by Gasteiger charge is 2.30. The normalized spacial score (nSPS) is 15.9. The first-order chi connectivity index (χ1) is 13.0. The second-order valence-corrected chi connectivity index (χ2v) is 7.83. The van der Waals surface area contributed by atoms with Crippen LogP contribution in [-0.4, -0.2) is 35.0 Å². The molecule has 1 amide bonds. The fourth-order valence-electron chi connectivity index (χ4n) is 3.72. The largest absolute Gasteiger partial charge is 0.508 e. The molecule has 0 spiro atoms. The predicted molar refractivity (Wildman–Crippen MR) is 110 cm³/mol. The molecule has 2 aromatic carbocycles. The first kappa shape index (κ1) is 19.4. The van der Waals surface area contributed by atoms with Crippen molar-refractivity contribution in [2.45, 2.75) is 46.2 Å². The number of piperidine rings is 1. The summed E-state index contributed by atoms with van der Waals surface area (Å²) in [5, 5.41) is 10.0. The molecule has 1 N–H and O–H groups in total. The molecule has 0 aromatic heterocycles. The Morgan fingerprint density at radius 3 is 2.33 bits per heavy atom. The number of likely N-dealkylation sites (tertiary alicyclic amines) is 1. The number of aromatic hydroxyl groups is 1. The summed E-state index contributed by atoms with van der Waals surface area (Å²) < 4.78 is 0. The molecule has 4 nitrogen and oxygen atoms in total. The second kappa shape index (κ2) is 8.57. The SMILES string of the molecule is Cc1ccc(N(C(=O)C(C)C)C2CCN(Cc3ccccc3O)CC2)cc1. The average Bonchev–Trinajstić information content (AvgIpc) is 2.66. The molecule has 27 heavy (non-hydrogen) atoms. The van der Waals surface area contributed by atoms with Crippen LogP contribution in [0.25, 0.3) is 0 Å². The number of carbonyl (C=O) groups excluding carboxylic acids is 1. The zero-order valence-corrected chi connectivity index (χ0v) is 16.6. The van der Waals surface area contributed by atoms with Crippen molar-refractivity contribution in [3.8, 4) is 5.75 Å². The highest BCUT2D eigenvalue weighted by molar-refractivity contribution is 5.95. The van der Waals surface area contributed by atoms with Crippen LogP contribution in [0.1, 0.15) is 37.8 Å². The molecule has 0 saturated carbocycles. The number of aryl methyl sites for hydroxylation is 1. The maximum atomic E-state index is 12.9. The van der Waals surface area contributed by atoms with Gasteiger partial charge in [-0.15, -0.1) is 0 Å². The number of benzene rings is 2. The van der Waals surface area contributed by atoms with Crippen LogP contribution in [0.5, 0.6) is 5.75 Å². The van der Waals surface area contributed by atoms with Gasteiger partial charge < -0.3 is 10.0 Å². The quantitative estimate of drug-likeness (QED) is 0.855. The third-order valence-corrected chi connectivity index (χ3v) is 5.35. The summed E-state index contributed by atoms with van der Waals surface area (Å²) in [4.78, 5) is 17.3. The minimum absolute atomic E-state index is 0.0226. The predicted octanol–water partition coefficient (Wildman–Crippen LogP) is 4.35. The fraction of sp³-hybridized carbons (Fsp3) is 0.435. The van der Waals surface area contributed by atoms with Gasteiger partial charge in [0, 0.05) is 42.8 Å². The molecule has 0 radical (unpaired) electrons. The Morgan fingerprint density at radius 1 is 1.11 bits per heavy atom. The van der Waals surface area contributed by atoms with E-state index in [0.29, 0.717) is 5.75 Å². The van der Waals surface area contributed by atoms with Gasteiger partial charge in [0.1, 0.15) is 5.75 Å². The first-order valence-electron chi connectivity index (χ1n) is 9.84. The Balaban J connectivity index is 1.70. The van der Waals surface area contributed by atoms with Gasteiger partial charge in [0.25, 0.3) is 0 Å². The van der Waals surface area contributed by atoms with Crippen LogP contribution >= 0.6 is 0 Å². The Labute approximate surface area is 162 Å². The summed E-state index contributed by atoms with van der Waals surface area (Å²) in [6.07, 6.45) is 1.89. The Bertz CT molecular complexity index is 762. The first-order valence-corrected chi connectivity index (χ1v) is 9.84. The molecule has 0 unspecified atom stereocenters. The van der Waals surface area contributed by atoms with E-state index < -0.39 is 0 Å². The van der Waals surface area contributed by atoms with Crippen molar-refractivity contribution in [3.05, 3.63) is 59.7 Å². The van der Waals surface area contributed by atoms with Crippen LogP contribution in [0.4, 0.5) is 5.69 Å². The van der Waals surface area contributed by atoms with Gasteiger partial charge in [-0.3, -0.25) is 9.69 Å². The molecule has 1 fully saturated rings. The molecular weight excluding hydrogens is 336 g/mol. The summed E-state index contributed by atoms with van der Waals surface area (Å²) in [5.74, 6) is 0.527. The molecular formula is C23H30N2O2. The lowest BCUT2D eigenvalue weighted by atomic mass is 9.99. The van der Waals surface area contributed by atoms with E-state index in [-0.39, 0.29) is 17.9 Å². The molecule has 1 saturated heterocycles. The van der Waals surface area contributed by atoms with Crippen LogP contribution in [0.3, 0.4) is 0 Å². The average molecular weight is 367 g/mol. The molecule has 4 heteroatoms. The lowest BCUT2D eigenvalue weighted by Crippen LogP contribution is -2.48. The zero-order valence-electron chi connectivity index (χ0n) is 16.6. The van der Waals surface area contributed by atoms with E-state index in [1.54, 1.807) is 6.07 Å². The molecule has 3 rings (SSSR count). The van der Waals surface area contributed by atoms with Crippen molar-refractivity contribution in [2.24, 2.45) is 5.92 Å². The summed E-state index contributed by atoms with van der Waals surface area (Å²) >= 11 is 0. The molecule has 0 atom stereocenters. The molecule has 1 aliphatic rings. The second-order valence-electron chi connectivity index (χ2n) is 7.83. The standard InChI is InChI=1S/C23H30N2O2/c1-17(2)23(27)25(20-10-8-18(3)9-11-20)21-12-14-24(15-13-21)16-19-6-4-5-7-22(19)26/h4-11,17,21,26H,12-16H2,1-3H3. The number of nitrogens with zero attached hydrogens (tertiary/aromatic N) is 2. The number of amides is 1. The maximum absolute atomic E-state index is 12.9. The molecule has 2 aromatic rings. The van der Waals surface area contributed by atoms with Gasteiger partial charge in [0.15, 0.2) is 0 Å². The molecule has 1 heterocycles. The fourth-order valence-corrected chi connectivity index (χ4v) is 3.72. The molecule has 144 valence electrons. The number of anilines is 1. The maximum Gasteiger partial charge on any atom is 0.229 e. The van der Waals surface area contributed by atoms with E-state index in [0.717, 1.165) is 43.7 Å². The Kier molecular flexibility index (Phi) is 6.17. The van der Waals surface area contributed by atoms with Crippen LogP contribution in [-0.2, 0) is 11.3 Å². The highest BCUT2D eigenvalue weighted by Crippen LogP contribution is 2.27. The monoisotopic (exact) mass is 366 g/mol. The number of carbonyl (C=O) groups is 1. The summed E-state index contributed by atoms with van der Waals surface area (Å²) in [5.41, 5.74) is 3.16. The van der Waals surface area contributed by atoms with Crippen molar-refractivity contribution < 1.29 is 9.90 Å². The minimum Gasteiger partial charge on any atom is -0.508 e. The molecule has 0 aliphatic carbocycles. The highest BCUT2D eigenvalue weighted by atomic mass is 16.3. The van der Waals surface area contributed by atoms with Gasteiger partial charge in [-0.1, -0.05) is 49.7 Å². The number of rotatable bonds is 5. The Morgan fingerprint density at radius 2 is 1.74 bits per heavy atom. The van der Waals surface area contributed by atoms with E-state index in [2.05, 4.69) is 36.1 Å². The van der Waals surface area contributed by atoms with E-state index in [1.807, 2.05) is 36.9 Å². The van der Waals surface area contributed by atoms with Crippen LogP contribution in [0, 0.1) is 12.8 Å². The topological polar surface area (TPSA) is 43.8 Å². The number of phenols is 1. The van der Waals surface area contributed by atoms with Gasteiger partial charge in [0.2, 0.25) is 5.91 Å². The van der Waals surface area contributed by atoms with Crippen LogP contribution in [0.15, 0.2) is 48.5 Å². The van der Waals surface area contributed by atoms with Crippen molar-refractivity contribution in [1.82, 2.24) is 4.90 Å². The third-order valence-electron chi connectivity index (χ3n) is 5.35. The van der Waals surface area contributed by atoms with E-state index in [4.69, 9.17) is 0 Å². The summed E-state index contributed by atoms with van der Waals surface area (Å²) in [7, 11) is 0. The molecule has 0 bridgehead atoms. The van der Waals surface area contributed by atoms with Gasteiger partial charge in [-0.05, 0) is 38.0 Å². The number of hydrogen-bond acceptors (Lipinski definition) is 3. The summed E-state index contributed by atoms with van der Waals surface area (Å²) in [6, 6.07) is 16.0. The van der Waals surface area contributed by atoms with Gasteiger partial charge in [-0.2, -0.15) is 0 Å². The third kappa shape index (κ3) is 4.69. The number of hydrogen-bond donors (Lipinski definition) is 1. The molecule has 1 aliphatic heterocycles. The lowest BCUT2D eigenvalue weighted by molar-refractivity contribution is -0.122. The van der Waals surface area contributed by atoms with Crippen molar-refractivity contribution in [1.29, 1.82) is 0 Å². The number of phenolic OH excluding ortho intramolecular Hbond substituents is 1. The van der Waals surface area contributed by atoms with E-state index in [1.165, 1.54) is 5.56 Å². The Hall–Kier alpha value is -2.33. The summed E-state index contributed by atoms with van der Waals surface area (Å²) in [6.45, 7) is 8.60. The van der Waals surface area contributed by atoms with Crippen molar-refractivity contribution in [3.63, 3.8) is 0 Å². The van der Waals surface area contributed by atoms with E-state index in [9.17, 15) is 9.90 Å². The van der Waals surface area contributed by atoms with Gasteiger partial charge in [0.05, 0.1) is 0 Å². The smallest absolute Gasteiger partial charge is 0.229 e. The van der Waals surface area contributed by atoms with Crippen LogP contribution < -0.4 is 4.90 Å².